The van der Waals surface area contributed by atoms with Gasteiger partial charge >= 0.3 is 0 Å². The van der Waals surface area contributed by atoms with Crippen molar-refractivity contribution >= 4 is 11.6 Å². The number of aliphatic hydroxyl groups is 1. The molecule has 1 aromatic carbocycles. The Kier molecular flexibility index (Phi) is 7.56. The fraction of sp³-hybridized carbons (Fsp3) is 0.533. The first-order valence-electron chi connectivity index (χ1n) is 6.71. The minimum Gasteiger partial charge on any atom is -0.389 e. The molecule has 0 aliphatic carbocycles. The summed E-state index contributed by atoms with van der Waals surface area (Å²) >= 11 is 5.83. The van der Waals surface area contributed by atoms with Crippen LogP contribution in [0.2, 0.25) is 5.02 Å². The summed E-state index contributed by atoms with van der Waals surface area (Å²) in [6.07, 6.45) is -0.703. The summed E-state index contributed by atoms with van der Waals surface area (Å²) in [7, 11) is 0. The first-order chi connectivity index (χ1) is 9.56. The van der Waals surface area contributed by atoms with Crippen molar-refractivity contribution in [1.29, 1.82) is 5.26 Å². The molecule has 0 fully saturated rings. The van der Waals surface area contributed by atoms with Crippen LogP contribution in [0.5, 0.6) is 0 Å². The standard InChI is InChI=1S/C15H21ClN2O2/c1-3-18(9-8-17)10-15(19)11-20-12(2)13-4-6-14(16)7-5-13/h4-7,12,15,19H,3,9-11H2,1-2H3. The van der Waals surface area contributed by atoms with E-state index in [0.29, 0.717) is 18.1 Å². The van der Waals surface area contributed by atoms with Gasteiger partial charge in [-0.25, -0.2) is 0 Å². The van der Waals surface area contributed by atoms with Crippen LogP contribution in [-0.2, 0) is 4.74 Å². The number of nitriles is 1. The third-order valence-corrected chi connectivity index (χ3v) is 3.34. The van der Waals surface area contributed by atoms with E-state index in [-0.39, 0.29) is 12.7 Å². The molecule has 1 aromatic rings. The number of aliphatic hydroxyl groups excluding tert-OH is 1. The second-order valence-electron chi connectivity index (χ2n) is 4.67. The molecular weight excluding hydrogens is 276 g/mol. The van der Waals surface area contributed by atoms with Crippen LogP contribution in [-0.4, -0.2) is 42.4 Å². The smallest absolute Gasteiger partial charge is 0.0900 e. The molecule has 0 saturated heterocycles. The zero-order valence-corrected chi connectivity index (χ0v) is 12.7. The van der Waals surface area contributed by atoms with Gasteiger partial charge in [-0.1, -0.05) is 30.7 Å². The molecule has 0 aliphatic heterocycles. The average molecular weight is 297 g/mol. The highest BCUT2D eigenvalue weighted by atomic mass is 35.5. The van der Waals surface area contributed by atoms with Crippen LogP contribution in [0.15, 0.2) is 24.3 Å². The highest BCUT2D eigenvalue weighted by Gasteiger charge is 2.13. The molecule has 0 spiro atoms. The van der Waals surface area contributed by atoms with E-state index in [9.17, 15) is 5.11 Å². The lowest BCUT2D eigenvalue weighted by Crippen LogP contribution is -2.35. The van der Waals surface area contributed by atoms with Crippen molar-refractivity contribution in [3.05, 3.63) is 34.9 Å². The van der Waals surface area contributed by atoms with Gasteiger partial charge in [-0.2, -0.15) is 5.26 Å². The summed E-state index contributed by atoms with van der Waals surface area (Å²) in [5.74, 6) is 0. The summed E-state index contributed by atoms with van der Waals surface area (Å²) < 4.78 is 5.65. The number of likely N-dealkylation sites (N-methyl/N-ethyl adjacent to an activating group) is 1. The van der Waals surface area contributed by atoms with E-state index in [1.165, 1.54) is 0 Å². The molecule has 5 heteroatoms. The Bertz CT molecular complexity index is 430. The molecule has 110 valence electrons. The first kappa shape index (κ1) is 16.9. The third kappa shape index (κ3) is 5.89. The molecule has 0 heterocycles. The number of hydrogen-bond acceptors (Lipinski definition) is 4. The molecule has 0 aromatic heterocycles. The van der Waals surface area contributed by atoms with Gasteiger partial charge in [-0.15, -0.1) is 0 Å². The van der Waals surface area contributed by atoms with E-state index < -0.39 is 6.10 Å². The van der Waals surface area contributed by atoms with Gasteiger partial charge < -0.3 is 9.84 Å². The van der Waals surface area contributed by atoms with E-state index in [0.717, 1.165) is 12.1 Å². The zero-order chi connectivity index (χ0) is 15.0. The van der Waals surface area contributed by atoms with E-state index in [1.807, 2.05) is 43.0 Å². The van der Waals surface area contributed by atoms with E-state index in [1.54, 1.807) is 0 Å². The van der Waals surface area contributed by atoms with Crippen LogP contribution in [0.4, 0.5) is 0 Å². The molecule has 20 heavy (non-hydrogen) atoms. The molecule has 0 amide bonds. The van der Waals surface area contributed by atoms with Crippen LogP contribution in [0.3, 0.4) is 0 Å². The summed E-state index contributed by atoms with van der Waals surface area (Å²) in [5.41, 5.74) is 1.02. The molecule has 1 rings (SSSR count). The third-order valence-electron chi connectivity index (χ3n) is 3.09. The van der Waals surface area contributed by atoms with Gasteiger partial charge in [0.2, 0.25) is 0 Å². The summed E-state index contributed by atoms with van der Waals surface area (Å²) in [5, 5.41) is 19.3. The maximum absolute atomic E-state index is 9.92. The number of ether oxygens (including phenoxy) is 1. The van der Waals surface area contributed by atoms with Gasteiger partial charge in [-0.05, 0) is 31.2 Å². The quantitative estimate of drug-likeness (QED) is 0.749. The second kappa shape index (κ2) is 8.93. The van der Waals surface area contributed by atoms with E-state index in [2.05, 4.69) is 6.07 Å². The molecule has 0 bridgehead atoms. The Labute approximate surface area is 125 Å². The highest BCUT2D eigenvalue weighted by Crippen LogP contribution is 2.19. The molecule has 2 unspecified atom stereocenters. The van der Waals surface area contributed by atoms with Gasteiger partial charge in [0.15, 0.2) is 0 Å². The minimum atomic E-state index is -0.599. The van der Waals surface area contributed by atoms with Gasteiger partial charge in [0.05, 0.1) is 31.4 Å². The van der Waals surface area contributed by atoms with Crippen molar-refractivity contribution in [2.75, 3.05) is 26.2 Å². The van der Waals surface area contributed by atoms with Gasteiger partial charge in [0.25, 0.3) is 0 Å². The largest absolute Gasteiger partial charge is 0.389 e. The van der Waals surface area contributed by atoms with Gasteiger partial charge in [-0.3, -0.25) is 4.90 Å². The number of benzene rings is 1. The normalized spacial score (nSPS) is 14.0. The van der Waals surface area contributed by atoms with E-state index >= 15 is 0 Å². The fourth-order valence-corrected chi connectivity index (χ4v) is 1.97. The summed E-state index contributed by atoms with van der Waals surface area (Å²) in [6.45, 7) is 5.63. The number of hydrogen-bond donors (Lipinski definition) is 1. The highest BCUT2D eigenvalue weighted by molar-refractivity contribution is 6.30. The fourth-order valence-electron chi connectivity index (χ4n) is 1.84. The maximum Gasteiger partial charge on any atom is 0.0900 e. The molecule has 0 saturated carbocycles. The number of rotatable bonds is 8. The summed E-state index contributed by atoms with van der Waals surface area (Å²) in [6, 6.07) is 9.54. The Morgan fingerprint density at radius 3 is 2.60 bits per heavy atom. The van der Waals surface area contributed by atoms with Gasteiger partial charge in [0, 0.05) is 11.6 Å². The van der Waals surface area contributed by atoms with Crippen molar-refractivity contribution < 1.29 is 9.84 Å². The van der Waals surface area contributed by atoms with Crippen LogP contribution in [0.25, 0.3) is 0 Å². The van der Waals surface area contributed by atoms with Crippen molar-refractivity contribution in [3.63, 3.8) is 0 Å². The Morgan fingerprint density at radius 1 is 1.40 bits per heavy atom. The predicted molar refractivity (Wildman–Crippen MR) is 79.6 cm³/mol. The number of nitrogens with zero attached hydrogens (tertiary/aromatic N) is 2. The molecule has 2 atom stereocenters. The molecular formula is C15H21ClN2O2. The molecule has 4 nitrogen and oxygen atoms in total. The SMILES string of the molecule is CCN(CC#N)CC(O)COC(C)c1ccc(Cl)cc1. The van der Waals surface area contributed by atoms with Crippen LogP contribution < -0.4 is 0 Å². The maximum atomic E-state index is 9.92. The topological polar surface area (TPSA) is 56.5 Å². The molecule has 0 radical (unpaired) electrons. The van der Waals surface area contributed by atoms with Crippen LogP contribution in [0.1, 0.15) is 25.5 Å². The Balaban J connectivity index is 2.38. The van der Waals surface area contributed by atoms with Crippen LogP contribution in [0, 0.1) is 11.3 Å². The van der Waals surface area contributed by atoms with Crippen LogP contribution >= 0.6 is 11.6 Å². The van der Waals surface area contributed by atoms with E-state index in [4.69, 9.17) is 21.6 Å². The van der Waals surface area contributed by atoms with Crippen molar-refractivity contribution in [2.45, 2.75) is 26.1 Å². The second-order valence-corrected chi connectivity index (χ2v) is 5.10. The first-order valence-corrected chi connectivity index (χ1v) is 7.09. The Morgan fingerprint density at radius 2 is 2.05 bits per heavy atom. The minimum absolute atomic E-state index is 0.104. The lowest BCUT2D eigenvalue weighted by molar-refractivity contribution is -0.0138. The Hall–Kier alpha value is -1.12. The van der Waals surface area contributed by atoms with Crippen molar-refractivity contribution in [3.8, 4) is 6.07 Å². The zero-order valence-electron chi connectivity index (χ0n) is 11.9. The summed E-state index contributed by atoms with van der Waals surface area (Å²) in [4.78, 5) is 1.88. The lowest BCUT2D eigenvalue weighted by atomic mass is 10.1. The predicted octanol–water partition coefficient (Wildman–Crippen LogP) is 2.62. The lowest BCUT2D eigenvalue weighted by Gasteiger charge is -2.22. The van der Waals surface area contributed by atoms with Crippen molar-refractivity contribution in [1.82, 2.24) is 4.90 Å². The molecule has 0 aliphatic rings. The monoisotopic (exact) mass is 296 g/mol. The number of halogens is 1. The van der Waals surface area contributed by atoms with Crippen molar-refractivity contribution in [2.24, 2.45) is 0 Å². The average Bonchev–Trinajstić information content (AvgIpc) is 2.45. The molecule has 1 N–H and O–H groups in total. The van der Waals surface area contributed by atoms with Gasteiger partial charge in [0.1, 0.15) is 0 Å².